The molecule has 136 valence electrons. The maximum Gasteiger partial charge on any atom is 0.311 e. The first kappa shape index (κ1) is 18.5. The summed E-state index contributed by atoms with van der Waals surface area (Å²) in [6.07, 6.45) is 0.000782. The van der Waals surface area contributed by atoms with Crippen LogP contribution in [0.3, 0.4) is 0 Å². The van der Waals surface area contributed by atoms with Gasteiger partial charge in [-0.3, -0.25) is 15.0 Å². The minimum absolute atomic E-state index is 0.000782. The van der Waals surface area contributed by atoms with Gasteiger partial charge < -0.3 is 4.74 Å². The molecule has 2 aromatic carbocycles. The van der Waals surface area contributed by atoms with E-state index in [9.17, 15) is 9.59 Å². The molecule has 0 saturated carbocycles. The van der Waals surface area contributed by atoms with Crippen molar-refractivity contribution in [2.24, 2.45) is 5.10 Å². The second-order valence-corrected chi connectivity index (χ2v) is 6.55. The van der Waals surface area contributed by atoms with Gasteiger partial charge in [-0.25, -0.2) is 0 Å². The van der Waals surface area contributed by atoms with Crippen LogP contribution in [0.2, 0.25) is 0 Å². The first-order valence-electron chi connectivity index (χ1n) is 8.18. The number of hydrogen-bond donors (Lipinski definition) is 1. The number of aromatic nitrogens is 1. The maximum atomic E-state index is 12.0. The zero-order chi connectivity index (χ0) is 19.1. The molecule has 0 amide bonds. The fourth-order valence-electron chi connectivity index (χ4n) is 2.35. The molecule has 7 heteroatoms. The number of hydrazone groups is 1. The number of carbonyl (C=O) groups excluding carboxylic acids is 1. The van der Waals surface area contributed by atoms with E-state index >= 15 is 0 Å². The molecule has 0 unspecified atom stereocenters. The number of nitrogens with one attached hydrogen (secondary N) is 1. The van der Waals surface area contributed by atoms with Crippen molar-refractivity contribution in [3.05, 3.63) is 82.6 Å². The maximum absolute atomic E-state index is 12.0. The number of rotatable bonds is 6. The molecule has 1 N–H and O–H groups in total. The Hall–Kier alpha value is -3.32. The summed E-state index contributed by atoms with van der Waals surface area (Å²) >= 11 is 1.31. The van der Waals surface area contributed by atoms with Crippen LogP contribution in [0.1, 0.15) is 12.0 Å². The van der Waals surface area contributed by atoms with Crippen molar-refractivity contribution in [3.63, 3.8) is 0 Å². The molecule has 0 aliphatic carbocycles. The molecular weight excluding hydrogens is 362 g/mol. The van der Waals surface area contributed by atoms with Gasteiger partial charge in [0, 0.05) is 10.9 Å². The summed E-state index contributed by atoms with van der Waals surface area (Å²) in [4.78, 5) is 28.4. The molecule has 3 rings (SSSR count). The SMILES string of the molecule is COC(=O)CC(=NNc1nc(=O)cc(-c2ccccc2)s1)c1ccccc1. The molecule has 27 heavy (non-hydrogen) atoms. The normalized spacial score (nSPS) is 11.1. The Balaban J connectivity index is 1.91. The van der Waals surface area contributed by atoms with E-state index in [1.165, 1.54) is 24.5 Å². The Bertz CT molecular complexity index is 1000. The van der Waals surface area contributed by atoms with Crippen molar-refractivity contribution < 1.29 is 9.53 Å². The molecule has 0 spiro atoms. The third kappa shape index (κ3) is 5.08. The topological polar surface area (TPSA) is 80.7 Å². The number of nitrogens with zero attached hydrogens (tertiary/aromatic N) is 2. The third-order valence-corrected chi connectivity index (χ3v) is 4.61. The molecule has 0 saturated heterocycles. The number of esters is 1. The van der Waals surface area contributed by atoms with E-state index in [0.29, 0.717) is 10.8 Å². The van der Waals surface area contributed by atoms with Gasteiger partial charge in [0.05, 0.1) is 19.2 Å². The van der Waals surface area contributed by atoms with Gasteiger partial charge in [0.2, 0.25) is 5.13 Å². The van der Waals surface area contributed by atoms with E-state index in [1.807, 2.05) is 60.7 Å². The molecule has 6 nitrogen and oxygen atoms in total. The van der Waals surface area contributed by atoms with Crippen LogP contribution < -0.4 is 11.0 Å². The van der Waals surface area contributed by atoms with Crippen molar-refractivity contribution in [2.75, 3.05) is 12.5 Å². The minimum atomic E-state index is -0.404. The second-order valence-electron chi connectivity index (χ2n) is 5.52. The molecule has 1 aromatic heterocycles. The predicted octanol–water partition coefficient (Wildman–Crippen LogP) is 3.55. The summed E-state index contributed by atoms with van der Waals surface area (Å²) in [6.45, 7) is 0. The molecule has 0 aliphatic heterocycles. The van der Waals surface area contributed by atoms with Crippen molar-refractivity contribution in [1.29, 1.82) is 0 Å². The smallest absolute Gasteiger partial charge is 0.311 e. The van der Waals surface area contributed by atoms with Gasteiger partial charge in [-0.2, -0.15) is 10.1 Å². The first-order valence-corrected chi connectivity index (χ1v) is 9.00. The average Bonchev–Trinajstić information content (AvgIpc) is 2.71. The van der Waals surface area contributed by atoms with E-state index < -0.39 is 5.97 Å². The number of methoxy groups -OCH3 is 1. The van der Waals surface area contributed by atoms with Gasteiger partial charge in [-0.15, -0.1) is 0 Å². The largest absolute Gasteiger partial charge is 0.469 e. The van der Waals surface area contributed by atoms with Gasteiger partial charge in [-0.05, 0) is 11.1 Å². The summed E-state index contributed by atoms with van der Waals surface area (Å²) in [5.74, 6) is -0.404. The molecule has 0 fully saturated rings. The molecule has 3 aromatic rings. The lowest BCUT2D eigenvalue weighted by molar-refractivity contribution is -0.139. The fourth-order valence-corrected chi connectivity index (χ4v) is 3.20. The fraction of sp³-hybridized carbons (Fsp3) is 0.100. The summed E-state index contributed by atoms with van der Waals surface area (Å²) in [7, 11) is 1.33. The molecular formula is C20H17N3O3S. The van der Waals surface area contributed by atoms with E-state index in [0.717, 1.165) is 16.0 Å². The van der Waals surface area contributed by atoms with Crippen molar-refractivity contribution in [1.82, 2.24) is 4.98 Å². The lowest BCUT2D eigenvalue weighted by Crippen LogP contribution is -2.13. The van der Waals surface area contributed by atoms with Gasteiger partial charge in [0.15, 0.2) is 0 Å². The summed E-state index contributed by atoms with van der Waals surface area (Å²) in [5.41, 5.74) is 4.65. The molecule has 0 aliphatic rings. The zero-order valence-corrected chi connectivity index (χ0v) is 15.4. The highest BCUT2D eigenvalue weighted by atomic mass is 32.1. The highest BCUT2D eigenvalue weighted by Gasteiger charge is 2.11. The van der Waals surface area contributed by atoms with E-state index in [2.05, 4.69) is 15.5 Å². The van der Waals surface area contributed by atoms with Crippen molar-refractivity contribution >= 4 is 28.1 Å². The molecule has 1 heterocycles. The zero-order valence-electron chi connectivity index (χ0n) is 14.6. The number of carbonyl (C=O) groups is 1. The lowest BCUT2D eigenvalue weighted by atomic mass is 10.1. The number of hydrogen-bond acceptors (Lipinski definition) is 7. The molecule has 0 radical (unpaired) electrons. The van der Waals surface area contributed by atoms with Crippen LogP contribution in [0.25, 0.3) is 10.4 Å². The van der Waals surface area contributed by atoms with Crippen LogP contribution in [0.5, 0.6) is 0 Å². The van der Waals surface area contributed by atoms with Gasteiger partial charge >= 0.3 is 5.97 Å². The summed E-state index contributed by atoms with van der Waals surface area (Å²) in [5, 5.41) is 4.65. The van der Waals surface area contributed by atoms with E-state index in [-0.39, 0.29) is 12.0 Å². The van der Waals surface area contributed by atoms with Crippen LogP contribution in [0.4, 0.5) is 5.13 Å². The predicted molar refractivity (Wildman–Crippen MR) is 107 cm³/mol. The van der Waals surface area contributed by atoms with Crippen LogP contribution in [-0.4, -0.2) is 23.8 Å². The van der Waals surface area contributed by atoms with Crippen molar-refractivity contribution in [2.45, 2.75) is 6.42 Å². The highest BCUT2D eigenvalue weighted by Crippen LogP contribution is 2.25. The van der Waals surface area contributed by atoms with Gasteiger partial charge in [0.25, 0.3) is 5.56 Å². The molecule has 0 atom stereocenters. The summed E-state index contributed by atoms with van der Waals surface area (Å²) in [6, 6.07) is 20.3. The third-order valence-electron chi connectivity index (χ3n) is 3.66. The van der Waals surface area contributed by atoms with Crippen LogP contribution in [0, 0.1) is 0 Å². The summed E-state index contributed by atoms with van der Waals surface area (Å²) < 4.78 is 4.74. The lowest BCUT2D eigenvalue weighted by Gasteiger charge is -2.07. The minimum Gasteiger partial charge on any atom is -0.469 e. The van der Waals surface area contributed by atoms with E-state index in [4.69, 9.17) is 4.74 Å². The van der Waals surface area contributed by atoms with Gasteiger partial charge in [0.1, 0.15) is 0 Å². The Morgan fingerprint density at radius 1 is 1.11 bits per heavy atom. The Morgan fingerprint density at radius 2 is 1.78 bits per heavy atom. The monoisotopic (exact) mass is 379 g/mol. The molecule has 0 bridgehead atoms. The Morgan fingerprint density at radius 3 is 2.44 bits per heavy atom. The Kier molecular flexibility index (Phi) is 6.06. The highest BCUT2D eigenvalue weighted by molar-refractivity contribution is 7.18. The van der Waals surface area contributed by atoms with Crippen LogP contribution in [0.15, 0.2) is 76.6 Å². The second kappa shape index (κ2) is 8.86. The average molecular weight is 379 g/mol. The van der Waals surface area contributed by atoms with E-state index in [1.54, 1.807) is 0 Å². The number of anilines is 1. The van der Waals surface area contributed by atoms with Crippen LogP contribution in [-0.2, 0) is 9.53 Å². The quantitative estimate of drug-likeness (QED) is 0.402. The van der Waals surface area contributed by atoms with Gasteiger partial charge in [-0.1, -0.05) is 72.0 Å². The number of ether oxygens (including phenoxy) is 1. The number of benzene rings is 2. The van der Waals surface area contributed by atoms with Crippen LogP contribution >= 0.6 is 11.3 Å². The standard InChI is InChI=1S/C20H17N3O3S/c1-26-19(25)12-16(14-8-4-2-5-9-14)22-23-20-21-18(24)13-17(27-20)15-10-6-3-7-11-15/h2-11,13H,12H2,1H3,(H,21,23,24). The Labute approximate surface area is 160 Å². The first-order chi connectivity index (χ1) is 13.2. The van der Waals surface area contributed by atoms with Crippen molar-refractivity contribution in [3.8, 4) is 10.4 Å².